The summed E-state index contributed by atoms with van der Waals surface area (Å²) in [5.41, 5.74) is 1.37. The van der Waals surface area contributed by atoms with E-state index in [2.05, 4.69) is 5.32 Å². The van der Waals surface area contributed by atoms with Crippen molar-refractivity contribution in [2.24, 2.45) is 0 Å². The maximum absolute atomic E-state index is 10.8. The van der Waals surface area contributed by atoms with E-state index < -0.39 is 12.0 Å². The van der Waals surface area contributed by atoms with E-state index in [1.807, 2.05) is 30.3 Å². The maximum atomic E-state index is 10.8. The van der Waals surface area contributed by atoms with Crippen LogP contribution in [0.2, 0.25) is 0 Å². The van der Waals surface area contributed by atoms with E-state index in [4.69, 9.17) is 10.0 Å². The van der Waals surface area contributed by atoms with Crippen molar-refractivity contribution in [2.45, 2.75) is 6.54 Å². The molecule has 7 heteroatoms. The highest BCUT2D eigenvalue weighted by Crippen LogP contribution is 2.17. The van der Waals surface area contributed by atoms with Gasteiger partial charge in [0.25, 0.3) is 5.69 Å². The Bertz CT molecular complexity index is 605. The quantitative estimate of drug-likeness (QED) is 0.426. The average molecular weight is 272 g/mol. The smallest absolute Gasteiger partial charge is 0.423 e. The Kier molecular flexibility index (Phi) is 4.34. The number of nitrogens with one attached hydrogen (secondary N) is 1. The molecule has 0 aromatic heterocycles. The van der Waals surface area contributed by atoms with Crippen LogP contribution in [0.5, 0.6) is 0 Å². The molecule has 0 amide bonds. The van der Waals surface area contributed by atoms with Gasteiger partial charge in [0.05, 0.1) is 4.92 Å². The van der Waals surface area contributed by atoms with Crippen LogP contribution in [0.4, 0.5) is 11.4 Å². The number of benzene rings is 2. The summed E-state index contributed by atoms with van der Waals surface area (Å²) in [6.45, 7) is 0.489. The van der Waals surface area contributed by atoms with Crippen LogP contribution in [0.25, 0.3) is 0 Å². The molecule has 0 bridgehead atoms. The highest BCUT2D eigenvalue weighted by molar-refractivity contribution is 6.58. The van der Waals surface area contributed by atoms with E-state index in [0.717, 1.165) is 11.6 Å². The van der Waals surface area contributed by atoms with E-state index in [-0.39, 0.29) is 11.2 Å². The Morgan fingerprint density at radius 1 is 1.15 bits per heavy atom. The Labute approximate surface area is 116 Å². The first-order valence-electron chi connectivity index (χ1n) is 5.99. The molecular weight excluding hydrogens is 259 g/mol. The minimum atomic E-state index is -1.74. The molecule has 102 valence electrons. The lowest BCUT2D eigenvalue weighted by atomic mass is 9.80. The normalized spacial score (nSPS) is 10.1. The minimum absolute atomic E-state index is 0.0785. The summed E-state index contributed by atoms with van der Waals surface area (Å²) in [6, 6.07) is 13.5. The largest absolute Gasteiger partial charge is 0.488 e. The van der Waals surface area contributed by atoms with Gasteiger partial charge in [-0.15, -0.1) is 0 Å². The average Bonchev–Trinajstić information content (AvgIpc) is 2.45. The Morgan fingerprint density at radius 2 is 1.85 bits per heavy atom. The van der Waals surface area contributed by atoms with Gasteiger partial charge in [0.1, 0.15) is 0 Å². The molecule has 2 rings (SSSR count). The number of hydrogen-bond donors (Lipinski definition) is 3. The van der Waals surface area contributed by atoms with Crippen LogP contribution in [0.15, 0.2) is 48.5 Å². The number of nitro groups is 1. The van der Waals surface area contributed by atoms with Gasteiger partial charge in [0, 0.05) is 24.4 Å². The molecule has 3 N–H and O–H groups in total. The maximum Gasteiger partial charge on any atom is 0.488 e. The van der Waals surface area contributed by atoms with Crippen LogP contribution in [0.1, 0.15) is 5.56 Å². The molecule has 0 heterocycles. The number of nitro benzene ring substituents is 1. The zero-order chi connectivity index (χ0) is 14.5. The Hall–Kier alpha value is -2.38. The van der Waals surface area contributed by atoms with E-state index in [0.29, 0.717) is 12.2 Å². The summed E-state index contributed by atoms with van der Waals surface area (Å²) in [7, 11) is -1.74. The standard InChI is InChI=1S/C13H13BN2O4/c17-14(18)11-6-12(8-13(7-11)16(19)20)15-9-10-4-2-1-3-5-10/h1-8,15,17-18H,9H2. The molecule has 0 fully saturated rings. The predicted octanol–water partition coefficient (Wildman–Crippen LogP) is 0.887. The zero-order valence-electron chi connectivity index (χ0n) is 10.6. The lowest BCUT2D eigenvalue weighted by Gasteiger charge is -2.08. The number of non-ortho nitro benzene ring substituents is 1. The SMILES string of the molecule is O=[N+]([O-])c1cc(NCc2ccccc2)cc(B(O)O)c1. The topological polar surface area (TPSA) is 95.6 Å². The van der Waals surface area contributed by atoms with Gasteiger partial charge in [-0.2, -0.15) is 0 Å². The lowest BCUT2D eigenvalue weighted by Crippen LogP contribution is -2.30. The molecule has 2 aromatic carbocycles. The fourth-order valence-electron chi connectivity index (χ4n) is 1.79. The minimum Gasteiger partial charge on any atom is -0.423 e. The molecule has 0 aliphatic rings. The molecule has 20 heavy (non-hydrogen) atoms. The highest BCUT2D eigenvalue weighted by atomic mass is 16.6. The summed E-state index contributed by atoms with van der Waals surface area (Å²) in [5, 5.41) is 32.1. The second kappa shape index (κ2) is 6.18. The van der Waals surface area contributed by atoms with Crippen molar-refractivity contribution in [1.82, 2.24) is 0 Å². The first-order chi connectivity index (χ1) is 9.56. The molecule has 6 nitrogen and oxygen atoms in total. The van der Waals surface area contributed by atoms with Gasteiger partial charge in [-0.05, 0) is 17.1 Å². The van der Waals surface area contributed by atoms with Gasteiger partial charge in [-0.1, -0.05) is 30.3 Å². The van der Waals surface area contributed by atoms with Gasteiger partial charge >= 0.3 is 7.12 Å². The third kappa shape index (κ3) is 3.56. The Balaban J connectivity index is 2.20. The number of nitrogens with zero attached hydrogens (tertiary/aromatic N) is 1. The van der Waals surface area contributed by atoms with E-state index in [1.54, 1.807) is 0 Å². The van der Waals surface area contributed by atoms with E-state index in [1.165, 1.54) is 12.1 Å². The molecule has 0 atom stereocenters. The summed E-state index contributed by atoms with van der Waals surface area (Å²) >= 11 is 0. The molecule has 0 unspecified atom stereocenters. The molecule has 0 radical (unpaired) electrons. The number of hydrogen-bond acceptors (Lipinski definition) is 5. The van der Waals surface area contributed by atoms with Gasteiger partial charge in [-0.25, -0.2) is 0 Å². The highest BCUT2D eigenvalue weighted by Gasteiger charge is 2.17. The van der Waals surface area contributed by atoms with Crippen molar-refractivity contribution in [3.63, 3.8) is 0 Å². The molecule has 2 aromatic rings. The second-order valence-electron chi connectivity index (χ2n) is 4.28. The van der Waals surface area contributed by atoms with Crippen molar-refractivity contribution < 1.29 is 15.0 Å². The fraction of sp³-hybridized carbons (Fsp3) is 0.0769. The zero-order valence-corrected chi connectivity index (χ0v) is 10.6. The van der Waals surface area contributed by atoms with Crippen LogP contribution in [-0.4, -0.2) is 22.1 Å². The van der Waals surface area contributed by atoms with Gasteiger partial charge < -0.3 is 15.4 Å². The van der Waals surface area contributed by atoms with Crippen molar-refractivity contribution in [2.75, 3.05) is 5.32 Å². The number of anilines is 1. The molecule has 0 saturated carbocycles. The first-order valence-corrected chi connectivity index (χ1v) is 5.99. The van der Waals surface area contributed by atoms with Gasteiger partial charge in [0.15, 0.2) is 0 Å². The van der Waals surface area contributed by atoms with Crippen molar-refractivity contribution in [3.05, 3.63) is 64.2 Å². The lowest BCUT2D eigenvalue weighted by molar-refractivity contribution is -0.384. The first kappa shape index (κ1) is 14.0. The summed E-state index contributed by atoms with van der Waals surface area (Å²) in [6.07, 6.45) is 0. The van der Waals surface area contributed by atoms with Crippen LogP contribution in [0.3, 0.4) is 0 Å². The monoisotopic (exact) mass is 272 g/mol. The van der Waals surface area contributed by atoms with Crippen molar-refractivity contribution in [1.29, 1.82) is 0 Å². The van der Waals surface area contributed by atoms with Crippen molar-refractivity contribution >= 4 is 24.0 Å². The van der Waals surface area contributed by atoms with Crippen LogP contribution in [0, 0.1) is 10.1 Å². The molecule has 0 spiro atoms. The summed E-state index contributed by atoms with van der Waals surface area (Å²) < 4.78 is 0. The van der Waals surface area contributed by atoms with Gasteiger partial charge in [0.2, 0.25) is 0 Å². The van der Waals surface area contributed by atoms with Gasteiger partial charge in [-0.3, -0.25) is 10.1 Å². The molecule has 0 aliphatic carbocycles. The molecule has 0 aliphatic heterocycles. The Morgan fingerprint density at radius 3 is 2.45 bits per heavy atom. The third-order valence-electron chi connectivity index (χ3n) is 2.79. The van der Waals surface area contributed by atoms with E-state index >= 15 is 0 Å². The second-order valence-corrected chi connectivity index (χ2v) is 4.28. The molecule has 0 saturated heterocycles. The summed E-state index contributed by atoms with van der Waals surface area (Å²) in [4.78, 5) is 10.2. The fourth-order valence-corrected chi connectivity index (χ4v) is 1.79. The predicted molar refractivity (Wildman–Crippen MR) is 76.7 cm³/mol. The van der Waals surface area contributed by atoms with Crippen molar-refractivity contribution in [3.8, 4) is 0 Å². The number of rotatable bonds is 5. The van der Waals surface area contributed by atoms with Crippen LogP contribution >= 0.6 is 0 Å². The molecular formula is C13H13BN2O4. The van der Waals surface area contributed by atoms with E-state index in [9.17, 15) is 10.1 Å². The summed E-state index contributed by atoms with van der Waals surface area (Å²) in [5.74, 6) is 0. The van der Waals surface area contributed by atoms with Crippen LogP contribution in [-0.2, 0) is 6.54 Å². The van der Waals surface area contributed by atoms with Crippen LogP contribution < -0.4 is 10.8 Å². The third-order valence-corrected chi connectivity index (χ3v) is 2.79.